The van der Waals surface area contributed by atoms with Crippen molar-refractivity contribution in [1.29, 1.82) is 5.26 Å². The van der Waals surface area contributed by atoms with Crippen molar-refractivity contribution in [3.63, 3.8) is 0 Å². The molecule has 29 heavy (non-hydrogen) atoms. The molecule has 0 saturated heterocycles. The van der Waals surface area contributed by atoms with E-state index in [0.717, 1.165) is 18.4 Å². The highest BCUT2D eigenvalue weighted by atomic mass is 32.2. The molecule has 1 aromatic heterocycles. The lowest BCUT2D eigenvalue weighted by atomic mass is 10.0. The summed E-state index contributed by atoms with van der Waals surface area (Å²) in [6.07, 6.45) is 2.25. The zero-order chi connectivity index (χ0) is 20.5. The molecule has 1 unspecified atom stereocenters. The number of hydrogen-bond donors (Lipinski definition) is 2. The third-order valence-corrected chi connectivity index (χ3v) is 5.83. The van der Waals surface area contributed by atoms with Gasteiger partial charge >= 0.3 is 0 Å². The van der Waals surface area contributed by atoms with E-state index >= 15 is 0 Å². The van der Waals surface area contributed by atoms with Crippen molar-refractivity contribution in [1.82, 2.24) is 25.4 Å². The van der Waals surface area contributed by atoms with Crippen LogP contribution in [0.3, 0.4) is 0 Å². The topological polar surface area (TPSA) is 95.6 Å². The highest BCUT2D eigenvalue weighted by Gasteiger charge is 2.28. The first-order valence-corrected chi connectivity index (χ1v) is 10.0. The largest absolute Gasteiger partial charge is 0.359 e. The molecular weight excluding hydrogens is 398 g/mol. The molecule has 1 aliphatic heterocycles. The van der Waals surface area contributed by atoms with Gasteiger partial charge in [-0.2, -0.15) is 10.4 Å². The van der Waals surface area contributed by atoms with E-state index in [4.69, 9.17) is 5.26 Å². The second-order valence-corrected chi connectivity index (χ2v) is 8.10. The predicted molar refractivity (Wildman–Crippen MR) is 103 cm³/mol. The summed E-state index contributed by atoms with van der Waals surface area (Å²) in [5.74, 6) is 0.302. The lowest BCUT2D eigenvalue weighted by molar-refractivity contribution is 0.0936. The van der Waals surface area contributed by atoms with Gasteiger partial charge in [0.05, 0.1) is 6.04 Å². The summed E-state index contributed by atoms with van der Waals surface area (Å²) < 4.78 is 28.1. The van der Waals surface area contributed by atoms with Crippen molar-refractivity contribution in [2.45, 2.75) is 43.6 Å². The number of alkyl halides is 2. The Hall–Kier alpha value is -2.93. The number of nitrogens with one attached hydrogen (secondary N) is 2. The Balaban J connectivity index is 1.51. The van der Waals surface area contributed by atoms with Crippen LogP contribution in [0, 0.1) is 11.3 Å². The number of carbonyl (C=O) groups is 1. The Kier molecular flexibility index (Phi) is 5.24. The second kappa shape index (κ2) is 7.83. The number of allylic oxidation sites excluding steroid dienone is 1. The molecule has 2 heterocycles. The number of halogens is 2. The number of thioether (sulfide) groups is 1. The fourth-order valence-corrected chi connectivity index (χ4v) is 4.02. The molecule has 2 atom stereocenters. The van der Waals surface area contributed by atoms with Gasteiger partial charge in [0.15, 0.2) is 11.3 Å². The summed E-state index contributed by atoms with van der Waals surface area (Å²) in [4.78, 5) is 17.5. The molecule has 150 valence electrons. The molecule has 7 nitrogen and oxygen atoms in total. The molecule has 1 saturated carbocycles. The molecule has 10 heteroatoms. The van der Waals surface area contributed by atoms with Gasteiger partial charge in [-0.1, -0.05) is 11.8 Å². The Labute approximate surface area is 170 Å². The minimum atomic E-state index is -2.63. The number of benzene rings is 1. The molecule has 1 fully saturated rings. The normalized spacial score (nSPS) is 19.4. The Morgan fingerprint density at radius 2 is 2.21 bits per heavy atom. The van der Waals surface area contributed by atoms with Gasteiger partial charge in [-0.05, 0) is 49.4 Å². The minimum absolute atomic E-state index is 0.142. The van der Waals surface area contributed by atoms with E-state index in [1.807, 2.05) is 0 Å². The van der Waals surface area contributed by atoms with E-state index in [1.54, 1.807) is 23.9 Å². The lowest BCUT2D eigenvalue weighted by Crippen LogP contribution is -2.30. The van der Waals surface area contributed by atoms with Crippen LogP contribution in [-0.2, 0) is 0 Å². The molecule has 2 aromatic rings. The van der Waals surface area contributed by atoms with Gasteiger partial charge in [0, 0.05) is 17.3 Å². The van der Waals surface area contributed by atoms with Gasteiger partial charge in [-0.3, -0.25) is 4.79 Å². The number of hydrogen-bond acceptors (Lipinski definition) is 6. The van der Waals surface area contributed by atoms with Gasteiger partial charge in [0.1, 0.15) is 17.3 Å². The standard InChI is InChI=1S/C19H18F2N6OS/c1-10(17-24-9-25-27(17)19-23-8-15(7-22)29-19)26-18(28)14-5-12(11-2-3-11)4-13(6-14)16(20)21/h4-6,8-11,16,19,23H,2-3H2,1H3,(H,26,28)/t10-,19?/m0/s1. The van der Waals surface area contributed by atoms with Crippen LogP contribution in [0.5, 0.6) is 0 Å². The van der Waals surface area contributed by atoms with Gasteiger partial charge in [-0.15, -0.1) is 0 Å². The van der Waals surface area contributed by atoms with E-state index in [-0.39, 0.29) is 22.5 Å². The Morgan fingerprint density at radius 3 is 2.86 bits per heavy atom. The first kappa shape index (κ1) is 19.4. The summed E-state index contributed by atoms with van der Waals surface area (Å²) in [6.45, 7) is 1.75. The van der Waals surface area contributed by atoms with Crippen molar-refractivity contribution in [3.8, 4) is 6.07 Å². The van der Waals surface area contributed by atoms with E-state index in [2.05, 4.69) is 26.8 Å². The van der Waals surface area contributed by atoms with E-state index in [1.165, 1.54) is 30.2 Å². The van der Waals surface area contributed by atoms with Crippen LogP contribution in [0.15, 0.2) is 35.6 Å². The quantitative estimate of drug-likeness (QED) is 0.745. The smallest absolute Gasteiger partial charge is 0.263 e. The average Bonchev–Trinajstić information content (AvgIpc) is 3.25. The summed E-state index contributed by atoms with van der Waals surface area (Å²) in [5, 5.41) is 19.0. The maximum atomic E-state index is 13.3. The molecule has 0 radical (unpaired) electrons. The van der Waals surface area contributed by atoms with Crippen LogP contribution >= 0.6 is 11.8 Å². The highest BCUT2D eigenvalue weighted by Crippen LogP contribution is 2.41. The van der Waals surface area contributed by atoms with Crippen molar-refractivity contribution >= 4 is 17.7 Å². The van der Waals surface area contributed by atoms with Crippen LogP contribution in [0.25, 0.3) is 0 Å². The minimum Gasteiger partial charge on any atom is -0.359 e. The highest BCUT2D eigenvalue weighted by molar-refractivity contribution is 8.03. The van der Waals surface area contributed by atoms with Gasteiger partial charge in [0.25, 0.3) is 12.3 Å². The van der Waals surface area contributed by atoms with Crippen LogP contribution in [0.4, 0.5) is 8.78 Å². The van der Waals surface area contributed by atoms with Gasteiger partial charge in [-0.25, -0.2) is 18.4 Å². The zero-order valence-electron chi connectivity index (χ0n) is 15.5. The van der Waals surface area contributed by atoms with Crippen LogP contribution in [0.1, 0.15) is 71.0 Å². The summed E-state index contributed by atoms with van der Waals surface area (Å²) in [5.41, 5.74) is 0.511. The van der Waals surface area contributed by atoms with Crippen molar-refractivity contribution in [3.05, 3.63) is 58.1 Å². The maximum absolute atomic E-state index is 13.3. The van der Waals surface area contributed by atoms with Crippen molar-refractivity contribution in [2.75, 3.05) is 0 Å². The van der Waals surface area contributed by atoms with Crippen LogP contribution in [0.2, 0.25) is 0 Å². The fourth-order valence-electron chi connectivity index (χ4n) is 3.19. The van der Waals surface area contributed by atoms with Crippen molar-refractivity contribution in [2.24, 2.45) is 0 Å². The van der Waals surface area contributed by atoms with Gasteiger partial charge in [0.2, 0.25) is 0 Å². The van der Waals surface area contributed by atoms with Crippen LogP contribution in [-0.4, -0.2) is 20.7 Å². The van der Waals surface area contributed by atoms with E-state index in [0.29, 0.717) is 10.7 Å². The summed E-state index contributed by atoms with van der Waals surface area (Å²) >= 11 is 1.29. The SMILES string of the molecule is C[C@H](NC(=O)c1cc(C(F)F)cc(C2CC2)c1)c1ncnn1C1NC=C(C#N)S1. The van der Waals surface area contributed by atoms with E-state index in [9.17, 15) is 13.6 Å². The third kappa shape index (κ3) is 4.10. The second-order valence-electron chi connectivity index (χ2n) is 6.98. The number of amides is 1. The number of nitrogens with zero attached hydrogens (tertiary/aromatic N) is 4. The van der Waals surface area contributed by atoms with Crippen molar-refractivity contribution < 1.29 is 13.6 Å². The maximum Gasteiger partial charge on any atom is 0.263 e. The number of nitriles is 1. The predicted octanol–water partition coefficient (Wildman–Crippen LogP) is 3.74. The summed E-state index contributed by atoms with van der Waals surface area (Å²) in [6, 6.07) is 5.96. The molecule has 1 amide bonds. The molecule has 1 aliphatic carbocycles. The fraction of sp³-hybridized carbons (Fsp3) is 0.368. The third-order valence-electron chi connectivity index (χ3n) is 4.80. The zero-order valence-corrected chi connectivity index (χ0v) is 16.3. The Morgan fingerprint density at radius 1 is 1.41 bits per heavy atom. The lowest BCUT2D eigenvalue weighted by Gasteiger charge is -2.18. The molecule has 0 spiro atoms. The first-order valence-electron chi connectivity index (χ1n) is 9.12. The van der Waals surface area contributed by atoms with E-state index < -0.39 is 18.4 Å². The van der Waals surface area contributed by atoms with Crippen LogP contribution < -0.4 is 10.6 Å². The number of rotatable bonds is 6. The average molecular weight is 416 g/mol. The Bertz CT molecular complexity index is 990. The molecule has 0 bridgehead atoms. The molecule has 2 N–H and O–H groups in total. The number of aromatic nitrogens is 3. The molecule has 4 rings (SSSR count). The number of carbonyl (C=O) groups excluding carboxylic acids is 1. The first-order chi connectivity index (χ1) is 14.0. The molecule has 1 aromatic carbocycles. The molecular formula is C19H18F2N6OS. The summed E-state index contributed by atoms with van der Waals surface area (Å²) in [7, 11) is 0. The van der Waals surface area contributed by atoms with Gasteiger partial charge < -0.3 is 10.6 Å². The monoisotopic (exact) mass is 416 g/mol. The molecule has 2 aliphatic rings.